The molecule has 0 radical (unpaired) electrons. The highest BCUT2D eigenvalue weighted by molar-refractivity contribution is 6.30. The molecule has 23 heavy (non-hydrogen) atoms. The Bertz CT molecular complexity index is 531. The molecule has 1 saturated heterocycles. The molecule has 2 rings (SSSR count). The lowest BCUT2D eigenvalue weighted by Gasteiger charge is -2.35. The summed E-state index contributed by atoms with van der Waals surface area (Å²) in [5.74, 6) is 0.772. The van der Waals surface area contributed by atoms with Crippen LogP contribution in [0.5, 0.6) is 5.75 Å². The molecule has 0 saturated carbocycles. The molecule has 0 spiro atoms. The van der Waals surface area contributed by atoms with E-state index >= 15 is 0 Å². The van der Waals surface area contributed by atoms with Gasteiger partial charge in [0, 0.05) is 43.3 Å². The first-order chi connectivity index (χ1) is 11.0. The second-order valence-electron chi connectivity index (χ2n) is 5.88. The number of amides is 1. The summed E-state index contributed by atoms with van der Waals surface area (Å²) in [6, 6.07) is 5.33. The monoisotopic (exact) mass is 340 g/mol. The molecular formula is C17H25ClN2O3. The summed E-state index contributed by atoms with van der Waals surface area (Å²) in [5.41, 5.74) is 0.814. The Balaban J connectivity index is 1.89. The summed E-state index contributed by atoms with van der Waals surface area (Å²) in [6.45, 7) is 5.64. The molecule has 5 nitrogen and oxygen atoms in total. The third-order valence-corrected chi connectivity index (χ3v) is 4.48. The zero-order chi connectivity index (χ0) is 16.8. The first-order valence-corrected chi connectivity index (χ1v) is 8.42. The summed E-state index contributed by atoms with van der Waals surface area (Å²) in [4.78, 5) is 16.6. The first-order valence-electron chi connectivity index (χ1n) is 8.04. The lowest BCUT2D eigenvalue weighted by atomic mass is 10.1. The molecule has 1 aromatic rings. The van der Waals surface area contributed by atoms with Gasteiger partial charge < -0.3 is 14.7 Å². The number of methoxy groups -OCH3 is 1. The SMILES string of the molecule is CC[C@@H](O)CN1CCN(C(=O)Cc2cc(Cl)ccc2OC)CC1. The lowest BCUT2D eigenvalue weighted by molar-refractivity contribution is -0.132. The number of rotatable bonds is 6. The van der Waals surface area contributed by atoms with E-state index in [9.17, 15) is 9.90 Å². The Morgan fingerprint density at radius 1 is 1.35 bits per heavy atom. The molecule has 128 valence electrons. The Kier molecular flexibility index (Phi) is 6.69. The zero-order valence-corrected chi connectivity index (χ0v) is 14.6. The fraction of sp³-hybridized carbons (Fsp3) is 0.588. The van der Waals surface area contributed by atoms with E-state index < -0.39 is 0 Å². The number of ether oxygens (including phenoxy) is 1. The van der Waals surface area contributed by atoms with Crippen molar-refractivity contribution in [2.45, 2.75) is 25.9 Å². The molecule has 1 atom stereocenters. The normalized spacial score (nSPS) is 17.1. The van der Waals surface area contributed by atoms with Crippen molar-refractivity contribution in [3.05, 3.63) is 28.8 Å². The van der Waals surface area contributed by atoms with Gasteiger partial charge in [-0.3, -0.25) is 9.69 Å². The molecule has 1 aromatic carbocycles. The van der Waals surface area contributed by atoms with E-state index in [1.165, 1.54) is 0 Å². The molecule has 1 amide bonds. The van der Waals surface area contributed by atoms with E-state index in [4.69, 9.17) is 16.3 Å². The molecule has 6 heteroatoms. The summed E-state index contributed by atoms with van der Waals surface area (Å²) < 4.78 is 5.30. The van der Waals surface area contributed by atoms with Gasteiger partial charge in [-0.2, -0.15) is 0 Å². The summed E-state index contributed by atoms with van der Waals surface area (Å²) in [7, 11) is 1.59. The van der Waals surface area contributed by atoms with Crippen LogP contribution in [-0.4, -0.2) is 66.8 Å². The van der Waals surface area contributed by atoms with Gasteiger partial charge in [0.15, 0.2) is 0 Å². The fourth-order valence-corrected chi connectivity index (χ4v) is 2.96. The smallest absolute Gasteiger partial charge is 0.227 e. The molecular weight excluding hydrogens is 316 g/mol. The van der Waals surface area contributed by atoms with Gasteiger partial charge in [-0.25, -0.2) is 0 Å². The van der Waals surface area contributed by atoms with Crippen LogP contribution in [0.4, 0.5) is 0 Å². The number of β-amino-alcohol motifs (C(OH)–C–C–N with tert-alkyl or cyclic N) is 1. The quantitative estimate of drug-likeness (QED) is 0.858. The third-order valence-electron chi connectivity index (χ3n) is 4.25. The fourth-order valence-electron chi connectivity index (χ4n) is 2.77. The number of hydrogen-bond donors (Lipinski definition) is 1. The van der Waals surface area contributed by atoms with Gasteiger partial charge >= 0.3 is 0 Å². The van der Waals surface area contributed by atoms with E-state index in [0.29, 0.717) is 36.8 Å². The number of piperazine rings is 1. The number of benzene rings is 1. The summed E-state index contributed by atoms with van der Waals surface area (Å²) >= 11 is 6.01. The molecule has 1 N–H and O–H groups in total. The van der Waals surface area contributed by atoms with Gasteiger partial charge in [0.05, 0.1) is 19.6 Å². The predicted octanol–water partition coefficient (Wildman–Crippen LogP) is 1.81. The third kappa shape index (κ3) is 5.09. The van der Waals surface area contributed by atoms with Crippen LogP contribution in [0.15, 0.2) is 18.2 Å². The van der Waals surface area contributed by atoms with Crippen molar-refractivity contribution in [2.75, 3.05) is 39.8 Å². The van der Waals surface area contributed by atoms with Crippen molar-refractivity contribution in [3.63, 3.8) is 0 Å². The van der Waals surface area contributed by atoms with Gasteiger partial charge in [0.1, 0.15) is 5.75 Å². The molecule has 1 fully saturated rings. The Morgan fingerprint density at radius 3 is 2.65 bits per heavy atom. The first kappa shape index (κ1) is 18.0. The van der Waals surface area contributed by atoms with E-state index in [0.717, 1.165) is 25.1 Å². The van der Waals surface area contributed by atoms with Crippen LogP contribution in [0.2, 0.25) is 5.02 Å². The van der Waals surface area contributed by atoms with Crippen LogP contribution in [-0.2, 0) is 11.2 Å². The number of hydrogen-bond acceptors (Lipinski definition) is 4. The molecule has 1 aliphatic rings. The second kappa shape index (κ2) is 8.52. The predicted molar refractivity (Wildman–Crippen MR) is 91.0 cm³/mol. The number of nitrogens with zero attached hydrogens (tertiary/aromatic N) is 2. The Morgan fingerprint density at radius 2 is 2.04 bits per heavy atom. The van der Waals surface area contributed by atoms with Crippen LogP contribution >= 0.6 is 11.6 Å². The Hall–Kier alpha value is -1.30. The van der Waals surface area contributed by atoms with Crippen molar-refractivity contribution in [1.29, 1.82) is 0 Å². The van der Waals surface area contributed by atoms with Crippen molar-refractivity contribution in [1.82, 2.24) is 9.80 Å². The van der Waals surface area contributed by atoms with Crippen LogP contribution in [0, 0.1) is 0 Å². The summed E-state index contributed by atoms with van der Waals surface area (Å²) in [5, 5.41) is 10.3. The van der Waals surface area contributed by atoms with Crippen LogP contribution in [0.3, 0.4) is 0 Å². The van der Waals surface area contributed by atoms with Gasteiger partial charge in [0.25, 0.3) is 0 Å². The molecule has 1 heterocycles. The van der Waals surface area contributed by atoms with Crippen molar-refractivity contribution < 1.29 is 14.6 Å². The molecule has 0 unspecified atom stereocenters. The van der Waals surface area contributed by atoms with Crippen molar-refractivity contribution in [3.8, 4) is 5.75 Å². The van der Waals surface area contributed by atoms with E-state index in [2.05, 4.69) is 4.90 Å². The molecule has 0 aliphatic carbocycles. The molecule has 0 aromatic heterocycles. The number of carbonyl (C=O) groups excluding carboxylic acids is 1. The minimum absolute atomic E-state index is 0.0845. The number of aliphatic hydroxyl groups is 1. The zero-order valence-electron chi connectivity index (χ0n) is 13.8. The van der Waals surface area contributed by atoms with Crippen molar-refractivity contribution in [2.24, 2.45) is 0 Å². The minimum Gasteiger partial charge on any atom is -0.496 e. The number of aliphatic hydroxyl groups excluding tert-OH is 1. The topological polar surface area (TPSA) is 53.0 Å². The largest absolute Gasteiger partial charge is 0.496 e. The Labute approximate surface area is 142 Å². The van der Waals surface area contributed by atoms with E-state index in [1.54, 1.807) is 25.3 Å². The maximum absolute atomic E-state index is 12.5. The highest BCUT2D eigenvalue weighted by Crippen LogP contribution is 2.23. The summed E-state index contributed by atoms with van der Waals surface area (Å²) in [6.07, 6.45) is 0.766. The van der Waals surface area contributed by atoms with Gasteiger partial charge in [-0.15, -0.1) is 0 Å². The van der Waals surface area contributed by atoms with Gasteiger partial charge in [-0.1, -0.05) is 18.5 Å². The van der Waals surface area contributed by atoms with Crippen molar-refractivity contribution >= 4 is 17.5 Å². The van der Waals surface area contributed by atoms with Crippen LogP contribution in [0.25, 0.3) is 0 Å². The van der Waals surface area contributed by atoms with Gasteiger partial charge in [-0.05, 0) is 24.6 Å². The lowest BCUT2D eigenvalue weighted by Crippen LogP contribution is -2.50. The second-order valence-corrected chi connectivity index (χ2v) is 6.31. The maximum Gasteiger partial charge on any atom is 0.227 e. The highest BCUT2D eigenvalue weighted by atomic mass is 35.5. The number of carbonyl (C=O) groups is 1. The highest BCUT2D eigenvalue weighted by Gasteiger charge is 2.23. The molecule has 0 bridgehead atoms. The maximum atomic E-state index is 12.5. The number of halogens is 1. The van der Waals surface area contributed by atoms with E-state index in [-0.39, 0.29) is 12.0 Å². The van der Waals surface area contributed by atoms with Crippen LogP contribution < -0.4 is 4.74 Å². The standard InChI is InChI=1S/C17H25ClN2O3/c1-3-15(21)12-19-6-8-20(9-7-19)17(22)11-13-10-14(18)4-5-16(13)23-2/h4-5,10,15,21H,3,6-9,11-12H2,1-2H3/t15-/m1/s1. The minimum atomic E-state index is -0.284. The van der Waals surface area contributed by atoms with Crippen LogP contribution in [0.1, 0.15) is 18.9 Å². The molecule has 1 aliphatic heterocycles. The van der Waals surface area contributed by atoms with Gasteiger partial charge in [0.2, 0.25) is 5.91 Å². The average Bonchev–Trinajstić information content (AvgIpc) is 2.55. The average molecular weight is 341 g/mol. The van der Waals surface area contributed by atoms with E-state index in [1.807, 2.05) is 11.8 Å².